The van der Waals surface area contributed by atoms with Crippen LogP contribution in [0.5, 0.6) is 0 Å². The van der Waals surface area contributed by atoms with Gasteiger partial charge >= 0.3 is 0 Å². The summed E-state index contributed by atoms with van der Waals surface area (Å²) in [6, 6.07) is 16.7. The molecular formula is C19H20N2O. The highest BCUT2D eigenvalue weighted by molar-refractivity contribution is 6.03. The second kappa shape index (κ2) is 5.48. The summed E-state index contributed by atoms with van der Waals surface area (Å²) in [5.74, 6) is 0.0543. The minimum absolute atomic E-state index is 0.0613. The molecule has 3 heteroatoms. The predicted octanol–water partition coefficient (Wildman–Crippen LogP) is 3.57. The molecule has 2 aliphatic heterocycles. The molecule has 0 saturated carbocycles. The normalized spacial score (nSPS) is 20.1. The third kappa shape index (κ3) is 2.37. The number of hydrogen-bond acceptors (Lipinski definition) is 2. The summed E-state index contributed by atoms with van der Waals surface area (Å²) in [5.41, 5.74) is 4.61. The van der Waals surface area contributed by atoms with Gasteiger partial charge in [0.25, 0.3) is 0 Å². The van der Waals surface area contributed by atoms with E-state index in [4.69, 9.17) is 0 Å². The molecule has 1 saturated heterocycles. The fraction of sp³-hybridized carbons (Fsp3) is 0.316. The zero-order valence-corrected chi connectivity index (χ0v) is 12.6. The molecule has 0 aliphatic carbocycles. The average molecular weight is 292 g/mol. The summed E-state index contributed by atoms with van der Waals surface area (Å²) in [7, 11) is 0. The number of para-hydroxylation sites is 1. The van der Waals surface area contributed by atoms with Crippen molar-refractivity contribution in [1.29, 1.82) is 0 Å². The van der Waals surface area contributed by atoms with Crippen LogP contribution in [0.25, 0.3) is 0 Å². The number of anilines is 2. The van der Waals surface area contributed by atoms with Gasteiger partial charge in [-0.25, -0.2) is 0 Å². The molecule has 2 aromatic rings. The van der Waals surface area contributed by atoms with E-state index in [0.29, 0.717) is 0 Å². The first-order chi connectivity index (χ1) is 10.8. The van der Waals surface area contributed by atoms with Gasteiger partial charge in [0.2, 0.25) is 5.91 Å². The van der Waals surface area contributed by atoms with Crippen LogP contribution in [0.4, 0.5) is 11.4 Å². The Morgan fingerprint density at radius 2 is 1.73 bits per heavy atom. The molecule has 1 N–H and O–H groups in total. The van der Waals surface area contributed by atoms with E-state index in [0.717, 1.165) is 30.8 Å². The summed E-state index contributed by atoms with van der Waals surface area (Å²) in [6.45, 7) is 2.33. The number of carbonyl (C=O) groups is 1. The van der Waals surface area contributed by atoms with Gasteiger partial charge in [0.1, 0.15) is 0 Å². The molecule has 4 rings (SSSR count). The van der Waals surface area contributed by atoms with Crippen LogP contribution in [0.1, 0.15) is 29.9 Å². The number of rotatable bonds is 3. The van der Waals surface area contributed by atoms with Crippen LogP contribution in [0.3, 0.4) is 0 Å². The van der Waals surface area contributed by atoms with E-state index in [1.807, 2.05) is 18.2 Å². The first kappa shape index (κ1) is 13.4. The van der Waals surface area contributed by atoms with Gasteiger partial charge in [0.15, 0.2) is 0 Å². The lowest BCUT2D eigenvalue weighted by molar-refractivity contribution is -0.117. The Kier molecular flexibility index (Phi) is 3.34. The Morgan fingerprint density at radius 3 is 2.50 bits per heavy atom. The molecule has 0 spiro atoms. The third-order valence-corrected chi connectivity index (χ3v) is 4.76. The van der Waals surface area contributed by atoms with E-state index >= 15 is 0 Å². The van der Waals surface area contributed by atoms with Crippen molar-refractivity contribution in [2.45, 2.75) is 25.2 Å². The van der Waals surface area contributed by atoms with Crippen LogP contribution in [0, 0.1) is 0 Å². The molecule has 3 nitrogen and oxygen atoms in total. The fourth-order valence-electron chi connectivity index (χ4n) is 3.53. The summed E-state index contributed by atoms with van der Waals surface area (Å²) in [4.78, 5) is 14.6. The van der Waals surface area contributed by atoms with Gasteiger partial charge in [-0.05, 0) is 48.6 Å². The van der Waals surface area contributed by atoms with Crippen LogP contribution in [0.2, 0.25) is 0 Å². The lowest BCUT2D eigenvalue weighted by atomic mass is 9.93. The number of nitrogens with one attached hydrogen (secondary N) is 1. The van der Waals surface area contributed by atoms with Crippen molar-refractivity contribution in [3.63, 3.8) is 0 Å². The molecule has 1 fully saturated rings. The van der Waals surface area contributed by atoms with Gasteiger partial charge in [0.05, 0.1) is 5.92 Å². The predicted molar refractivity (Wildman–Crippen MR) is 89.4 cm³/mol. The van der Waals surface area contributed by atoms with Crippen LogP contribution >= 0.6 is 0 Å². The van der Waals surface area contributed by atoms with Crippen molar-refractivity contribution < 1.29 is 4.79 Å². The van der Waals surface area contributed by atoms with Gasteiger partial charge in [-0.15, -0.1) is 0 Å². The van der Waals surface area contributed by atoms with E-state index in [1.165, 1.54) is 24.1 Å². The summed E-state index contributed by atoms with van der Waals surface area (Å²) >= 11 is 0. The molecule has 0 bridgehead atoms. The van der Waals surface area contributed by atoms with Crippen LogP contribution in [0.15, 0.2) is 48.5 Å². The third-order valence-electron chi connectivity index (χ3n) is 4.76. The molecule has 112 valence electrons. The summed E-state index contributed by atoms with van der Waals surface area (Å²) in [5, 5.41) is 2.98. The van der Waals surface area contributed by atoms with Crippen molar-refractivity contribution in [2.24, 2.45) is 0 Å². The van der Waals surface area contributed by atoms with Crippen LogP contribution in [-0.2, 0) is 11.2 Å². The largest absolute Gasteiger partial charge is 0.372 e. The topological polar surface area (TPSA) is 32.3 Å². The molecule has 2 aromatic carbocycles. The maximum Gasteiger partial charge on any atom is 0.232 e. The Labute approximate surface area is 131 Å². The number of carbonyl (C=O) groups excluding carboxylic acids is 1. The van der Waals surface area contributed by atoms with Crippen molar-refractivity contribution >= 4 is 17.3 Å². The van der Waals surface area contributed by atoms with E-state index < -0.39 is 0 Å². The minimum Gasteiger partial charge on any atom is -0.372 e. The molecular weight excluding hydrogens is 272 g/mol. The van der Waals surface area contributed by atoms with Gasteiger partial charge in [0, 0.05) is 24.5 Å². The molecule has 1 amide bonds. The molecule has 2 heterocycles. The highest BCUT2D eigenvalue weighted by Crippen LogP contribution is 2.34. The Balaban J connectivity index is 1.52. The van der Waals surface area contributed by atoms with E-state index in [1.54, 1.807) is 0 Å². The number of nitrogens with zero attached hydrogens (tertiary/aromatic N) is 1. The Hall–Kier alpha value is -2.29. The summed E-state index contributed by atoms with van der Waals surface area (Å²) in [6.07, 6.45) is 3.35. The van der Waals surface area contributed by atoms with Crippen molar-refractivity contribution in [2.75, 3.05) is 23.3 Å². The second-order valence-corrected chi connectivity index (χ2v) is 6.19. The van der Waals surface area contributed by atoms with Gasteiger partial charge in [-0.2, -0.15) is 0 Å². The first-order valence-corrected chi connectivity index (χ1v) is 8.05. The maximum absolute atomic E-state index is 12.2. The number of benzene rings is 2. The molecule has 0 radical (unpaired) electrons. The van der Waals surface area contributed by atoms with Crippen molar-refractivity contribution in [3.8, 4) is 0 Å². The van der Waals surface area contributed by atoms with E-state index in [9.17, 15) is 4.79 Å². The number of hydrogen-bond donors (Lipinski definition) is 1. The Morgan fingerprint density at radius 1 is 1.00 bits per heavy atom. The average Bonchev–Trinajstić information content (AvgIpc) is 3.17. The summed E-state index contributed by atoms with van der Waals surface area (Å²) < 4.78 is 0. The van der Waals surface area contributed by atoms with E-state index in [-0.39, 0.29) is 11.8 Å². The Bertz CT molecular complexity index is 687. The van der Waals surface area contributed by atoms with E-state index in [2.05, 4.69) is 40.5 Å². The quantitative estimate of drug-likeness (QED) is 0.938. The SMILES string of the molecule is O=C1Nc2ccccc2C1Cc1ccc(N2CCCC2)cc1. The molecule has 1 atom stereocenters. The van der Waals surface area contributed by atoms with Crippen LogP contribution < -0.4 is 10.2 Å². The number of fused-ring (bicyclic) bond motifs is 1. The highest BCUT2D eigenvalue weighted by Gasteiger charge is 2.30. The maximum atomic E-state index is 12.2. The zero-order valence-electron chi connectivity index (χ0n) is 12.6. The zero-order chi connectivity index (χ0) is 14.9. The highest BCUT2D eigenvalue weighted by atomic mass is 16.2. The number of amides is 1. The monoisotopic (exact) mass is 292 g/mol. The van der Waals surface area contributed by atoms with Gasteiger partial charge in [-0.3, -0.25) is 4.79 Å². The van der Waals surface area contributed by atoms with Gasteiger partial charge in [-0.1, -0.05) is 30.3 Å². The minimum atomic E-state index is -0.0613. The molecule has 1 unspecified atom stereocenters. The first-order valence-electron chi connectivity index (χ1n) is 8.05. The smallest absolute Gasteiger partial charge is 0.232 e. The van der Waals surface area contributed by atoms with Crippen molar-refractivity contribution in [1.82, 2.24) is 0 Å². The second-order valence-electron chi connectivity index (χ2n) is 6.19. The molecule has 0 aromatic heterocycles. The molecule has 2 aliphatic rings. The fourth-order valence-corrected chi connectivity index (χ4v) is 3.53. The lowest BCUT2D eigenvalue weighted by Crippen LogP contribution is -2.17. The standard InChI is InChI=1S/C19H20N2O/c22-19-17(16-5-1-2-6-18(16)20-19)13-14-7-9-15(10-8-14)21-11-3-4-12-21/h1-2,5-10,17H,3-4,11-13H2,(H,20,22). The lowest BCUT2D eigenvalue weighted by Gasteiger charge is -2.18. The van der Waals surface area contributed by atoms with Gasteiger partial charge < -0.3 is 10.2 Å². The van der Waals surface area contributed by atoms with Crippen molar-refractivity contribution in [3.05, 3.63) is 59.7 Å². The molecule has 22 heavy (non-hydrogen) atoms. The van der Waals surface area contributed by atoms with Crippen LogP contribution in [-0.4, -0.2) is 19.0 Å².